The minimum Gasteiger partial charge on any atom is -0.497 e. The van der Waals surface area contributed by atoms with Gasteiger partial charge in [0.15, 0.2) is 6.61 Å². The zero-order valence-corrected chi connectivity index (χ0v) is 17.1. The van der Waals surface area contributed by atoms with Crippen molar-refractivity contribution in [1.82, 2.24) is 10.2 Å². The lowest BCUT2D eigenvalue weighted by Gasteiger charge is -2.25. The number of methoxy groups -OCH3 is 1. The third kappa shape index (κ3) is 6.85. The SMILES string of the molecule is COc1ccc(C(CNC(=O)c2cc(OCC(F)(F)F)ccc2[N+](=O)[O-])N(C)C)cc1. The molecule has 0 heterocycles. The van der Waals surface area contributed by atoms with E-state index in [4.69, 9.17) is 4.74 Å². The lowest BCUT2D eigenvalue weighted by atomic mass is 10.1. The Kier molecular flexibility index (Phi) is 7.81. The number of nitrogens with one attached hydrogen (secondary N) is 1. The highest BCUT2D eigenvalue weighted by Crippen LogP contribution is 2.26. The highest BCUT2D eigenvalue weighted by atomic mass is 19.4. The predicted molar refractivity (Wildman–Crippen MR) is 106 cm³/mol. The first-order valence-electron chi connectivity index (χ1n) is 9.08. The average Bonchev–Trinajstić information content (AvgIpc) is 2.71. The van der Waals surface area contributed by atoms with E-state index >= 15 is 0 Å². The van der Waals surface area contributed by atoms with Crippen molar-refractivity contribution in [2.24, 2.45) is 0 Å². The van der Waals surface area contributed by atoms with E-state index in [0.717, 1.165) is 23.8 Å². The van der Waals surface area contributed by atoms with Gasteiger partial charge in [0, 0.05) is 12.6 Å². The molecule has 0 saturated heterocycles. The fourth-order valence-electron chi connectivity index (χ4n) is 2.82. The topological polar surface area (TPSA) is 93.9 Å². The van der Waals surface area contributed by atoms with Crippen molar-refractivity contribution in [2.75, 3.05) is 34.4 Å². The molecule has 1 atom stereocenters. The molecule has 0 aliphatic heterocycles. The van der Waals surface area contributed by atoms with Crippen LogP contribution in [0.4, 0.5) is 18.9 Å². The molecule has 1 amide bonds. The van der Waals surface area contributed by atoms with E-state index < -0.39 is 34.9 Å². The van der Waals surface area contributed by atoms with Gasteiger partial charge in [-0.2, -0.15) is 13.2 Å². The summed E-state index contributed by atoms with van der Waals surface area (Å²) in [7, 11) is 5.14. The molecular formula is C20H22F3N3O5. The number of nitro groups is 1. The van der Waals surface area contributed by atoms with Crippen molar-refractivity contribution >= 4 is 11.6 Å². The molecule has 11 heteroatoms. The molecule has 168 valence electrons. The van der Waals surface area contributed by atoms with Gasteiger partial charge in [0.25, 0.3) is 11.6 Å². The molecule has 2 aromatic rings. The Bertz CT molecular complexity index is 917. The highest BCUT2D eigenvalue weighted by Gasteiger charge is 2.29. The molecule has 0 fully saturated rings. The van der Waals surface area contributed by atoms with Crippen LogP contribution in [0.2, 0.25) is 0 Å². The standard InChI is InChI=1S/C20H22F3N3O5/c1-25(2)18(13-4-6-14(30-3)7-5-13)11-24-19(27)16-10-15(31-12-20(21,22)23)8-9-17(16)26(28)29/h4-10,18H,11-12H2,1-3H3,(H,24,27). The van der Waals surface area contributed by atoms with Crippen molar-refractivity contribution in [2.45, 2.75) is 12.2 Å². The molecule has 0 aliphatic carbocycles. The number of hydrogen-bond donors (Lipinski definition) is 1. The Morgan fingerprint density at radius 3 is 2.29 bits per heavy atom. The van der Waals surface area contributed by atoms with Crippen molar-refractivity contribution < 1.29 is 32.4 Å². The summed E-state index contributed by atoms with van der Waals surface area (Å²) in [4.78, 5) is 25.0. The predicted octanol–water partition coefficient (Wildman–Crippen LogP) is 3.58. The van der Waals surface area contributed by atoms with Gasteiger partial charge in [-0.3, -0.25) is 14.9 Å². The van der Waals surface area contributed by atoms with Gasteiger partial charge in [-0.05, 0) is 43.9 Å². The van der Waals surface area contributed by atoms with E-state index in [1.165, 1.54) is 7.11 Å². The number of benzene rings is 2. The number of likely N-dealkylation sites (N-methyl/N-ethyl adjacent to an activating group) is 1. The van der Waals surface area contributed by atoms with E-state index in [1.807, 2.05) is 17.0 Å². The smallest absolute Gasteiger partial charge is 0.422 e. The van der Waals surface area contributed by atoms with E-state index in [9.17, 15) is 28.1 Å². The molecule has 1 unspecified atom stereocenters. The summed E-state index contributed by atoms with van der Waals surface area (Å²) in [6, 6.07) is 9.79. The minimum absolute atomic E-state index is 0.100. The zero-order valence-electron chi connectivity index (χ0n) is 17.1. The first kappa shape index (κ1) is 23.9. The van der Waals surface area contributed by atoms with Gasteiger partial charge < -0.3 is 19.7 Å². The first-order chi connectivity index (χ1) is 14.5. The molecule has 31 heavy (non-hydrogen) atoms. The van der Waals surface area contributed by atoms with Crippen LogP contribution in [-0.4, -0.2) is 56.3 Å². The molecule has 1 N–H and O–H groups in total. The van der Waals surface area contributed by atoms with Crippen molar-refractivity contribution in [3.8, 4) is 11.5 Å². The van der Waals surface area contributed by atoms with Crippen molar-refractivity contribution in [3.05, 3.63) is 63.7 Å². The largest absolute Gasteiger partial charge is 0.497 e. The number of carbonyl (C=O) groups is 1. The maximum absolute atomic E-state index is 12.7. The molecule has 0 spiro atoms. The number of nitrogens with zero attached hydrogens (tertiary/aromatic N) is 2. The number of hydrogen-bond acceptors (Lipinski definition) is 6. The van der Waals surface area contributed by atoms with E-state index in [-0.39, 0.29) is 18.3 Å². The van der Waals surface area contributed by atoms with Gasteiger partial charge in [0.2, 0.25) is 0 Å². The van der Waals surface area contributed by atoms with Crippen LogP contribution in [0.3, 0.4) is 0 Å². The number of amides is 1. The van der Waals surface area contributed by atoms with Crippen LogP contribution in [0.15, 0.2) is 42.5 Å². The second-order valence-corrected chi connectivity index (χ2v) is 6.80. The monoisotopic (exact) mass is 441 g/mol. The lowest BCUT2D eigenvalue weighted by molar-refractivity contribution is -0.385. The summed E-state index contributed by atoms with van der Waals surface area (Å²) in [5.74, 6) is -0.437. The Morgan fingerprint density at radius 1 is 1.16 bits per heavy atom. The quantitative estimate of drug-likeness (QED) is 0.472. The third-order valence-electron chi connectivity index (χ3n) is 4.39. The van der Waals surface area contributed by atoms with Crippen LogP contribution < -0.4 is 14.8 Å². The normalized spacial score (nSPS) is 12.4. The number of ether oxygens (including phenoxy) is 2. The zero-order chi connectivity index (χ0) is 23.2. The van der Waals surface area contributed by atoms with Crippen molar-refractivity contribution in [1.29, 1.82) is 0 Å². The molecule has 0 saturated carbocycles. The molecule has 2 aromatic carbocycles. The van der Waals surface area contributed by atoms with E-state index in [1.54, 1.807) is 26.2 Å². The summed E-state index contributed by atoms with van der Waals surface area (Å²) >= 11 is 0. The van der Waals surface area contributed by atoms with Gasteiger partial charge in [-0.25, -0.2) is 0 Å². The summed E-state index contributed by atoms with van der Waals surface area (Å²) < 4.78 is 46.9. The Morgan fingerprint density at radius 2 is 1.77 bits per heavy atom. The van der Waals surface area contributed by atoms with Crippen LogP contribution in [0.1, 0.15) is 22.0 Å². The average molecular weight is 441 g/mol. The lowest BCUT2D eigenvalue weighted by Crippen LogP contribution is -2.34. The van der Waals surface area contributed by atoms with Gasteiger partial charge >= 0.3 is 6.18 Å². The van der Waals surface area contributed by atoms with Gasteiger partial charge in [-0.1, -0.05) is 12.1 Å². The Balaban J connectivity index is 2.20. The van der Waals surface area contributed by atoms with Crippen molar-refractivity contribution in [3.63, 3.8) is 0 Å². The molecule has 0 aromatic heterocycles. The Hall–Kier alpha value is -3.34. The third-order valence-corrected chi connectivity index (χ3v) is 4.39. The fourth-order valence-corrected chi connectivity index (χ4v) is 2.82. The molecule has 0 bridgehead atoms. The second kappa shape index (κ2) is 10.1. The van der Waals surface area contributed by atoms with Crippen LogP contribution >= 0.6 is 0 Å². The molecule has 2 rings (SSSR count). The molecule has 0 aliphatic rings. The van der Waals surface area contributed by atoms with Gasteiger partial charge in [-0.15, -0.1) is 0 Å². The Labute approximate surface area is 176 Å². The fraction of sp³-hybridized carbons (Fsp3) is 0.350. The van der Waals surface area contributed by atoms with Crippen LogP contribution in [0, 0.1) is 10.1 Å². The van der Waals surface area contributed by atoms with Crippen LogP contribution in [0.25, 0.3) is 0 Å². The maximum atomic E-state index is 12.7. The summed E-state index contributed by atoms with van der Waals surface area (Å²) in [6.07, 6.45) is -4.58. The highest BCUT2D eigenvalue weighted by molar-refractivity contribution is 5.98. The van der Waals surface area contributed by atoms with E-state index in [2.05, 4.69) is 10.1 Å². The molecule has 0 radical (unpaired) electrons. The maximum Gasteiger partial charge on any atom is 0.422 e. The van der Waals surface area contributed by atoms with Gasteiger partial charge in [0.1, 0.15) is 17.1 Å². The number of nitro benzene ring substituents is 1. The van der Waals surface area contributed by atoms with Gasteiger partial charge in [0.05, 0.1) is 18.1 Å². The second-order valence-electron chi connectivity index (χ2n) is 6.80. The number of carbonyl (C=O) groups excluding carboxylic acids is 1. The molecule has 8 nitrogen and oxygen atoms in total. The van der Waals surface area contributed by atoms with Crippen LogP contribution in [-0.2, 0) is 0 Å². The van der Waals surface area contributed by atoms with Crippen LogP contribution in [0.5, 0.6) is 11.5 Å². The number of halogens is 3. The first-order valence-corrected chi connectivity index (χ1v) is 9.08. The minimum atomic E-state index is -4.58. The molecular weight excluding hydrogens is 419 g/mol. The number of rotatable bonds is 9. The van der Waals surface area contributed by atoms with E-state index in [0.29, 0.717) is 5.75 Å². The summed E-state index contributed by atoms with van der Waals surface area (Å²) in [6.45, 7) is -1.48. The number of alkyl halides is 3. The summed E-state index contributed by atoms with van der Waals surface area (Å²) in [5, 5.41) is 13.9. The summed E-state index contributed by atoms with van der Waals surface area (Å²) in [5.41, 5.74) is -0.0671.